The van der Waals surface area contributed by atoms with Crippen molar-refractivity contribution in [3.05, 3.63) is 0 Å². The fraction of sp³-hybridized carbons (Fsp3) is 0.714. The van der Waals surface area contributed by atoms with Crippen LogP contribution in [0.25, 0.3) is 0 Å². The molecule has 0 saturated heterocycles. The molecular formula is C7H15NO4S. The van der Waals surface area contributed by atoms with Crippen LogP contribution in [0.1, 0.15) is 19.8 Å². The minimum absolute atomic E-state index is 0.0417. The molecule has 0 radical (unpaired) electrons. The molecule has 0 heterocycles. The van der Waals surface area contributed by atoms with Gasteiger partial charge in [-0.05, 0) is 13.5 Å². The van der Waals surface area contributed by atoms with E-state index in [1.165, 1.54) is 0 Å². The van der Waals surface area contributed by atoms with Crippen molar-refractivity contribution in [3.63, 3.8) is 0 Å². The topological polar surface area (TPSA) is 75.6 Å². The number of carbonyl (C=O) groups excluding carboxylic acids is 1. The second-order valence-electron chi connectivity index (χ2n) is 2.14. The highest BCUT2D eigenvalue weighted by Gasteiger charge is 1.93. The van der Waals surface area contributed by atoms with Crippen LogP contribution in [-0.2, 0) is 13.8 Å². The third-order valence-electron chi connectivity index (χ3n) is 0.884. The van der Waals surface area contributed by atoms with Crippen LogP contribution >= 0.6 is 12.9 Å². The second kappa shape index (κ2) is 11.2. The summed E-state index contributed by atoms with van der Waals surface area (Å²) < 4.78 is 4.05. The molecule has 0 amide bonds. The summed E-state index contributed by atoms with van der Waals surface area (Å²) in [5.41, 5.74) is 0. The minimum Gasteiger partial charge on any atom is -0.480 e. The van der Waals surface area contributed by atoms with Crippen molar-refractivity contribution in [1.82, 2.24) is 5.32 Å². The Labute approximate surface area is 83.1 Å². The number of carboxylic acid groups (broad SMARTS) is 1. The lowest BCUT2D eigenvalue weighted by Crippen LogP contribution is -2.16. The number of carbonyl (C=O) groups is 2. The molecule has 78 valence electrons. The molecular weight excluding hydrogens is 194 g/mol. The summed E-state index contributed by atoms with van der Waals surface area (Å²) in [6.45, 7) is 1.95. The zero-order valence-corrected chi connectivity index (χ0v) is 8.63. The average Bonchev–Trinajstić information content (AvgIpc) is 2.05. The maximum Gasteiger partial charge on any atom is 0.317 e. The lowest BCUT2D eigenvalue weighted by atomic mass is 10.4. The zero-order valence-electron chi connectivity index (χ0n) is 7.74. The smallest absolute Gasteiger partial charge is 0.317 e. The van der Waals surface area contributed by atoms with Gasteiger partial charge >= 0.3 is 11.9 Å². The Morgan fingerprint density at radius 1 is 1.54 bits per heavy atom. The van der Waals surface area contributed by atoms with E-state index in [1.807, 2.05) is 6.92 Å². The Morgan fingerprint density at radius 2 is 2.08 bits per heavy atom. The normalized spacial score (nSPS) is 8.23. The number of likely N-dealkylation sites (N-methyl/N-ethyl adjacent to an activating group) is 1. The Hall–Kier alpha value is -0.750. The first-order chi connectivity index (χ1) is 6.08. The van der Waals surface area contributed by atoms with Gasteiger partial charge in [0.05, 0.1) is 6.54 Å². The Kier molecular flexibility index (Phi) is 12.8. The monoisotopic (exact) mass is 209 g/mol. The van der Waals surface area contributed by atoms with Crippen molar-refractivity contribution in [2.75, 3.05) is 13.6 Å². The van der Waals surface area contributed by atoms with Crippen molar-refractivity contribution in [2.45, 2.75) is 19.8 Å². The highest BCUT2D eigenvalue weighted by atomic mass is 32.1. The summed E-state index contributed by atoms with van der Waals surface area (Å²) in [4.78, 5) is 19.6. The van der Waals surface area contributed by atoms with Crippen LogP contribution in [0, 0.1) is 0 Å². The largest absolute Gasteiger partial charge is 0.480 e. The van der Waals surface area contributed by atoms with Gasteiger partial charge in [-0.15, -0.1) is 0 Å². The molecule has 6 heteroatoms. The molecule has 0 rings (SSSR count). The molecule has 5 nitrogen and oxygen atoms in total. The van der Waals surface area contributed by atoms with Gasteiger partial charge in [0, 0.05) is 19.3 Å². The molecule has 0 aliphatic carbocycles. The van der Waals surface area contributed by atoms with Crippen molar-refractivity contribution < 1.29 is 18.9 Å². The third kappa shape index (κ3) is 18.3. The lowest BCUT2D eigenvalue weighted by molar-refractivity contribution is -0.136. The van der Waals surface area contributed by atoms with E-state index in [0.29, 0.717) is 6.42 Å². The van der Waals surface area contributed by atoms with E-state index in [4.69, 9.17) is 5.11 Å². The number of hydrogen-bond acceptors (Lipinski definition) is 5. The Balaban J connectivity index is 0. The predicted molar refractivity (Wildman–Crippen MR) is 51.5 cm³/mol. The van der Waals surface area contributed by atoms with Crippen LogP contribution in [0.3, 0.4) is 0 Å². The first kappa shape index (κ1) is 14.8. The standard InChI is InChI=1S/C4H8O2S.C3H7NO2/c1-2-3-4(5)6-7;1-4-2-3(5)6/h7H,2-3H2,1H3;4H,2H2,1H3,(H,5,6). The fourth-order valence-electron chi connectivity index (χ4n) is 0.401. The minimum atomic E-state index is -0.822. The van der Waals surface area contributed by atoms with Gasteiger partial charge in [0.2, 0.25) is 0 Å². The summed E-state index contributed by atoms with van der Waals surface area (Å²) in [6, 6.07) is 0. The summed E-state index contributed by atoms with van der Waals surface area (Å²) in [7, 11) is 1.59. The Bertz CT molecular complexity index is 151. The van der Waals surface area contributed by atoms with E-state index in [2.05, 4.69) is 22.4 Å². The molecule has 0 aliphatic rings. The van der Waals surface area contributed by atoms with Gasteiger partial charge in [-0.3, -0.25) is 9.59 Å². The van der Waals surface area contributed by atoms with Crippen LogP contribution < -0.4 is 5.32 Å². The molecule has 0 fully saturated rings. The van der Waals surface area contributed by atoms with Gasteiger partial charge in [0.25, 0.3) is 0 Å². The fourth-order valence-corrected chi connectivity index (χ4v) is 0.492. The van der Waals surface area contributed by atoms with Crippen molar-refractivity contribution >= 4 is 24.8 Å². The highest BCUT2D eigenvalue weighted by Crippen LogP contribution is 1.91. The van der Waals surface area contributed by atoms with E-state index in [-0.39, 0.29) is 12.5 Å². The molecule has 0 spiro atoms. The van der Waals surface area contributed by atoms with Gasteiger partial charge < -0.3 is 14.6 Å². The number of nitrogens with one attached hydrogen (secondary N) is 1. The molecule has 13 heavy (non-hydrogen) atoms. The van der Waals surface area contributed by atoms with Gasteiger partial charge in [-0.1, -0.05) is 6.92 Å². The molecule has 0 saturated carbocycles. The molecule has 0 aromatic carbocycles. The van der Waals surface area contributed by atoms with Gasteiger partial charge in [0.15, 0.2) is 0 Å². The number of carboxylic acids is 1. The summed E-state index contributed by atoms with van der Waals surface area (Å²) in [5.74, 6) is -1.08. The van der Waals surface area contributed by atoms with Crippen LogP contribution in [0.5, 0.6) is 0 Å². The predicted octanol–water partition coefficient (Wildman–Crippen LogP) is 0.465. The maximum atomic E-state index is 10.1. The van der Waals surface area contributed by atoms with E-state index >= 15 is 0 Å². The van der Waals surface area contributed by atoms with Crippen LogP contribution in [0.4, 0.5) is 0 Å². The SMILES string of the molecule is CCCC(=O)OS.CNCC(=O)O. The number of thiol groups is 1. The number of hydrogen-bond donors (Lipinski definition) is 3. The van der Waals surface area contributed by atoms with Gasteiger partial charge in [-0.25, -0.2) is 0 Å². The number of aliphatic carboxylic acids is 1. The number of rotatable bonds is 4. The first-order valence-corrected chi connectivity index (χ1v) is 4.15. The third-order valence-corrected chi connectivity index (χ3v) is 1.09. The van der Waals surface area contributed by atoms with E-state index in [0.717, 1.165) is 6.42 Å². The maximum absolute atomic E-state index is 10.1. The summed E-state index contributed by atoms with van der Waals surface area (Å²) >= 11 is 3.30. The second-order valence-corrected chi connectivity index (χ2v) is 2.32. The van der Waals surface area contributed by atoms with Crippen molar-refractivity contribution in [1.29, 1.82) is 0 Å². The van der Waals surface area contributed by atoms with Gasteiger partial charge in [-0.2, -0.15) is 0 Å². The molecule has 0 aromatic rings. The molecule has 0 aromatic heterocycles. The molecule has 0 atom stereocenters. The van der Waals surface area contributed by atoms with Crippen LogP contribution in [-0.4, -0.2) is 30.6 Å². The summed E-state index contributed by atoms with van der Waals surface area (Å²) in [5, 5.41) is 10.3. The molecule has 2 N–H and O–H groups in total. The van der Waals surface area contributed by atoms with E-state index in [9.17, 15) is 9.59 Å². The Morgan fingerprint density at radius 3 is 2.15 bits per heavy atom. The molecule has 0 unspecified atom stereocenters. The zero-order chi connectivity index (χ0) is 10.7. The van der Waals surface area contributed by atoms with Gasteiger partial charge in [0.1, 0.15) is 0 Å². The van der Waals surface area contributed by atoms with Crippen molar-refractivity contribution in [3.8, 4) is 0 Å². The summed E-state index contributed by atoms with van der Waals surface area (Å²) in [6.07, 6.45) is 1.28. The molecule has 0 bridgehead atoms. The van der Waals surface area contributed by atoms with E-state index < -0.39 is 5.97 Å². The van der Waals surface area contributed by atoms with Crippen LogP contribution in [0.15, 0.2) is 0 Å². The van der Waals surface area contributed by atoms with E-state index in [1.54, 1.807) is 7.05 Å². The highest BCUT2D eigenvalue weighted by molar-refractivity contribution is 7.75. The molecule has 0 aliphatic heterocycles. The van der Waals surface area contributed by atoms with Crippen LogP contribution in [0.2, 0.25) is 0 Å². The average molecular weight is 209 g/mol. The van der Waals surface area contributed by atoms with Crippen molar-refractivity contribution in [2.24, 2.45) is 0 Å². The first-order valence-electron chi connectivity index (χ1n) is 3.79. The lowest BCUT2D eigenvalue weighted by Gasteiger charge is -1.88. The quantitative estimate of drug-likeness (QED) is 0.463.